The summed E-state index contributed by atoms with van der Waals surface area (Å²) >= 11 is 5.87. The molecule has 144 valence electrons. The summed E-state index contributed by atoms with van der Waals surface area (Å²) in [5.41, 5.74) is -0.0473. The lowest BCUT2D eigenvalue weighted by atomic mass is 10.00. The normalized spacial score (nSPS) is 17.3. The number of nitrogens with zero attached hydrogens (tertiary/aromatic N) is 4. The minimum absolute atomic E-state index is 0.0473. The molecule has 2 amide bonds. The predicted molar refractivity (Wildman–Crippen MR) is 100.0 cm³/mol. The smallest absolute Gasteiger partial charge is 0.322 e. The van der Waals surface area contributed by atoms with Gasteiger partial charge in [-0.3, -0.25) is 0 Å². The summed E-state index contributed by atoms with van der Waals surface area (Å²) < 4.78 is 26.9. The Morgan fingerprint density at radius 2 is 2.07 bits per heavy atom. The topological polar surface area (TPSA) is 61.4 Å². The largest absolute Gasteiger partial charge is 0.353 e. The zero-order chi connectivity index (χ0) is 19.6. The monoisotopic (exact) mass is 395 g/mol. The van der Waals surface area contributed by atoms with Gasteiger partial charge in [-0.15, -0.1) is 0 Å². The molecule has 2 heterocycles. The van der Waals surface area contributed by atoms with Crippen LogP contribution in [0.25, 0.3) is 0 Å². The van der Waals surface area contributed by atoms with Crippen molar-refractivity contribution >= 4 is 29.1 Å². The number of aromatic nitrogens is 2. The molecule has 6 nitrogen and oxygen atoms in total. The molecule has 0 spiro atoms. The average Bonchev–Trinajstić information content (AvgIpc) is 2.63. The lowest BCUT2D eigenvalue weighted by Gasteiger charge is -2.43. The Balaban J connectivity index is 1.74. The van der Waals surface area contributed by atoms with Gasteiger partial charge in [0.25, 0.3) is 0 Å². The molecule has 1 saturated heterocycles. The molecule has 0 radical (unpaired) electrons. The van der Waals surface area contributed by atoms with E-state index >= 15 is 0 Å². The van der Waals surface area contributed by atoms with Gasteiger partial charge in [-0.25, -0.2) is 23.5 Å². The van der Waals surface area contributed by atoms with Crippen molar-refractivity contribution in [2.75, 3.05) is 29.9 Å². The molecule has 0 saturated carbocycles. The molecule has 3 rings (SSSR count). The molecule has 0 bridgehead atoms. The summed E-state index contributed by atoms with van der Waals surface area (Å²) in [6.07, 6.45) is 1.59. The fourth-order valence-corrected chi connectivity index (χ4v) is 3.26. The van der Waals surface area contributed by atoms with Crippen molar-refractivity contribution in [2.24, 2.45) is 5.92 Å². The number of nitrogens with one attached hydrogen (secondary N) is 1. The van der Waals surface area contributed by atoms with Gasteiger partial charge in [0, 0.05) is 31.9 Å². The van der Waals surface area contributed by atoms with Crippen LogP contribution in [-0.4, -0.2) is 46.6 Å². The van der Waals surface area contributed by atoms with Crippen LogP contribution in [-0.2, 0) is 0 Å². The first kappa shape index (κ1) is 19.3. The minimum atomic E-state index is -0.807. The summed E-state index contributed by atoms with van der Waals surface area (Å²) in [6.45, 7) is 5.57. The van der Waals surface area contributed by atoms with Gasteiger partial charge in [0.15, 0.2) is 0 Å². The number of hydrogen-bond donors (Lipinski definition) is 1. The molecular formula is C18H20ClF2N5O. The quantitative estimate of drug-likeness (QED) is 0.803. The van der Waals surface area contributed by atoms with Crippen molar-refractivity contribution in [3.05, 3.63) is 47.4 Å². The zero-order valence-corrected chi connectivity index (χ0v) is 15.7. The first-order valence-electron chi connectivity index (χ1n) is 8.61. The molecule has 0 aliphatic carbocycles. The van der Waals surface area contributed by atoms with Gasteiger partial charge in [0.1, 0.15) is 17.5 Å². The number of hydrogen-bond acceptors (Lipinski definition) is 4. The van der Waals surface area contributed by atoms with E-state index in [9.17, 15) is 13.6 Å². The van der Waals surface area contributed by atoms with E-state index in [1.807, 2.05) is 18.7 Å². The van der Waals surface area contributed by atoms with E-state index in [0.717, 1.165) is 12.1 Å². The van der Waals surface area contributed by atoms with Gasteiger partial charge in [-0.2, -0.15) is 0 Å². The van der Waals surface area contributed by atoms with E-state index in [1.54, 1.807) is 17.2 Å². The van der Waals surface area contributed by atoms with Crippen molar-refractivity contribution in [1.29, 1.82) is 0 Å². The first-order valence-corrected chi connectivity index (χ1v) is 8.99. The van der Waals surface area contributed by atoms with E-state index in [0.29, 0.717) is 25.5 Å². The summed E-state index contributed by atoms with van der Waals surface area (Å²) in [5.74, 6) is -0.638. The van der Waals surface area contributed by atoms with Crippen molar-refractivity contribution < 1.29 is 13.6 Å². The highest BCUT2D eigenvalue weighted by molar-refractivity contribution is 6.28. The van der Waals surface area contributed by atoms with Gasteiger partial charge >= 0.3 is 6.03 Å². The van der Waals surface area contributed by atoms with Crippen molar-refractivity contribution in [1.82, 2.24) is 14.9 Å². The van der Waals surface area contributed by atoms with Crippen LogP contribution in [0.5, 0.6) is 0 Å². The number of carbonyl (C=O) groups is 1. The van der Waals surface area contributed by atoms with E-state index < -0.39 is 17.7 Å². The molecule has 1 unspecified atom stereocenters. The number of carbonyl (C=O) groups excluding carboxylic acids is 1. The number of anilines is 2. The van der Waals surface area contributed by atoms with Crippen molar-refractivity contribution in [3.63, 3.8) is 0 Å². The van der Waals surface area contributed by atoms with Crippen molar-refractivity contribution in [2.45, 2.75) is 19.9 Å². The summed E-state index contributed by atoms with van der Waals surface area (Å²) in [6, 6.07) is 4.30. The Hall–Kier alpha value is -2.48. The van der Waals surface area contributed by atoms with Gasteiger partial charge in [-0.1, -0.05) is 13.8 Å². The Kier molecular flexibility index (Phi) is 5.74. The Morgan fingerprint density at radius 1 is 1.30 bits per heavy atom. The van der Waals surface area contributed by atoms with E-state index in [2.05, 4.69) is 15.3 Å². The Bertz CT molecular complexity index is 835. The van der Waals surface area contributed by atoms with Crippen LogP contribution in [0.4, 0.5) is 25.1 Å². The summed E-state index contributed by atoms with van der Waals surface area (Å²) in [5, 5.41) is 2.70. The summed E-state index contributed by atoms with van der Waals surface area (Å²) in [7, 11) is 0. The molecule has 1 atom stereocenters. The maximum Gasteiger partial charge on any atom is 0.322 e. The number of halogens is 3. The van der Waals surface area contributed by atoms with Crippen LogP contribution >= 0.6 is 11.6 Å². The Morgan fingerprint density at radius 3 is 2.74 bits per heavy atom. The lowest BCUT2D eigenvalue weighted by Crippen LogP contribution is -2.58. The van der Waals surface area contributed by atoms with Gasteiger partial charge in [-0.05, 0) is 35.7 Å². The van der Waals surface area contributed by atoms with E-state index in [1.165, 1.54) is 6.07 Å². The molecule has 1 aromatic carbocycles. The highest BCUT2D eigenvalue weighted by atomic mass is 35.5. The third kappa shape index (κ3) is 4.44. The van der Waals surface area contributed by atoms with Gasteiger partial charge < -0.3 is 15.1 Å². The van der Waals surface area contributed by atoms with Crippen LogP contribution < -0.4 is 10.2 Å². The molecule has 27 heavy (non-hydrogen) atoms. The van der Waals surface area contributed by atoms with Crippen molar-refractivity contribution in [3.8, 4) is 0 Å². The second-order valence-electron chi connectivity index (χ2n) is 6.69. The third-order valence-corrected chi connectivity index (χ3v) is 4.74. The van der Waals surface area contributed by atoms with Crippen LogP contribution in [0.1, 0.15) is 13.8 Å². The number of amides is 2. The van der Waals surface area contributed by atoms with E-state index in [4.69, 9.17) is 11.6 Å². The van der Waals surface area contributed by atoms with E-state index in [-0.39, 0.29) is 22.9 Å². The second kappa shape index (κ2) is 8.04. The standard InChI is InChI=1S/C18H20ClF2N5O/c1-11(2)15-10-25(16-5-6-22-17(19)24-16)7-8-26(15)18(27)23-14-4-3-12(20)9-13(14)21/h3-6,9,11,15H,7-8,10H2,1-2H3,(H,23,27). The molecule has 1 aliphatic heterocycles. The Labute approximate surface area is 161 Å². The number of rotatable bonds is 3. The maximum absolute atomic E-state index is 13.8. The number of benzene rings is 1. The van der Waals surface area contributed by atoms with Crippen LogP contribution in [0, 0.1) is 17.6 Å². The molecule has 9 heteroatoms. The fraction of sp³-hybridized carbons (Fsp3) is 0.389. The highest BCUT2D eigenvalue weighted by Crippen LogP contribution is 2.23. The number of piperazine rings is 1. The molecule has 1 N–H and O–H groups in total. The van der Waals surface area contributed by atoms with Gasteiger partial charge in [0.2, 0.25) is 5.28 Å². The maximum atomic E-state index is 13.8. The first-order chi connectivity index (χ1) is 12.8. The van der Waals surface area contributed by atoms with Crippen LogP contribution in [0.3, 0.4) is 0 Å². The molecular weight excluding hydrogens is 376 g/mol. The molecule has 1 aliphatic rings. The number of urea groups is 1. The minimum Gasteiger partial charge on any atom is -0.353 e. The summed E-state index contributed by atoms with van der Waals surface area (Å²) in [4.78, 5) is 24.5. The van der Waals surface area contributed by atoms with Gasteiger partial charge in [0.05, 0.1) is 11.7 Å². The zero-order valence-electron chi connectivity index (χ0n) is 15.0. The predicted octanol–water partition coefficient (Wildman–Crippen LogP) is 3.79. The van der Waals surface area contributed by atoms with Crippen LogP contribution in [0.15, 0.2) is 30.5 Å². The molecule has 2 aromatic rings. The van der Waals surface area contributed by atoms with Crippen LogP contribution in [0.2, 0.25) is 5.28 Å². The highest BCUT2D eigenvalue weighted by Gasteiger charge is 2.33. The average molecular weight is 396 g/mol. The lowest BCUT2D eigenvalue weighted by molar-refractivity contribution is 0.156. The second-order valence-corrected chi connectivity index (χ2v) is 7.03. The SMILES string of the molecule is CC(C)C1CN(c2ccnc(Cl)n2)CCN1C(=O)Nc1ccc(F)cc1F. The fourth-order valence-electron chi connectivity index (χ4n) is 3.12. The third-order valence-electron chi connectivity index (χ3n) is 4.56. The molecule has 1 fully saturated rings. The molecule has 1 aromatic heterocycles.